The molecule has 0 bridgehead atoms. The van der Waals surface area contributed by atoms with Gasteiger partial charge < -0.3 is 10.6 Å². The van der Waals surface area contributed by atoms with Crippen molar-refractivity contribution in [3.05, 3.63) is 58.5 Å². The number of amides is 1. The number of anilines is 1. The van der Waals surface area contributed by atoms with Gasteiger partial charge in [-0.05, 0) is 62.3 Å². The van der Waals surface area contributed by atoms with Crippen LogP contribution in [0.25, 0.3) is 10.2 Å². The van der Waals surface area contributed by atoms with Gasteiger partial charge in [0.15, 0.2) is 0 Å². The SMILES string of the molecule is Cc1c(C(=O)NCc2ccncc2)sc2ncnc(NCCC3=CCCCC3)c12. The van der Waals surface area contributed by atoms with Crippen LogP contribution in [0.2, 0.25) is 0 Å². The van der Waals surface area contributed by atoms with Crippen LogP contribution in [0.3, 0.4) is 0 Å². The van der Waals surface area contributed by atoms with Gasteiger partial charge in [-0.1, -0.05) is 11.6 Å². The number of hydrogen-bond donors (Lipinski definition) is 2. The second-order valence-electron chi connectivity index (χ2n) is 7.28. The molecule has 1 aliphatic carbocycles. The third-order valence-corrected chi connectivity index (χ3v) is 6.46. The molecule has 7 heteroatoms. The number of thiophene rings is 1. The van der Waals surface area contributed by atoms with Crippen LogP contribution < -0.4 is 10.6 Å². The maximum absolute atomic E-state index is 12.7. The molecule has 6 nitrogen and oxygen atoms in total. The van der Waals surface area contributed by atoms with Gasteiger partial charge in [-0.2, -0.15) is 0 Å². The van der Waals surface area contributed by atoms with Crippen molar-refractivity contribution >= 4 is 33.3 Å². The summed E-state index contributed by atoms with van der Waals surface area (Å²) in [5.74, 6) is 0.731. The molecule has 0 aliphatic heterocycles. The number of aromatic nitrogens is 3. The topological polar surface area (TPSA) is 79.8 Å². The van der Waals surface area contributed by atoms with Gasteiger partial charge in [0.2, 0.25) is 0 Å². The third kappa shape index (κ3) is 4.62. The van der Waals surface area contributed by atoms with Crippen molar-refractivity contribution in [2.75, 3.05) is 11.9 Å². The molecule has 0 saturated heterocycles. The quantitative estimate of drug-likeness (QED) is 0.558. The Labute approximate surface area is 174 Å². The number of fused-ring (bicyclic) bond motifs is 1. The average molecular weight is 408 g/mol. The normalized spacial score (nSPS) is 13.9. The van der Waals surface area contributed by atoms with E-state index < -0.39 is 0 Å². The Kier molecular flexibility index (Phi) is 6.14. The van der Waals surface area contributed by atoms with Gasteiger partial charge in [-0.3, -0.25) is 9.78 Å². The molecular weight excluding hydrogens is 382 g/mol. The van der Waals surface area contributed by atoms with Crippen LogP contribution in [0.5, 0.6) is 0 Å². The van der Waals surface area contributed by atoms with E-state index in [2.05, 4.69) is 31.7 Å². The van der Waals surface area contributed by atoms with E-state index in [1.165, 1.54) is 42.6 Å². The zero-order valence-corrected chi connectivity index (χ0v) is 17.4. The molecule has 0 fully saturated rings. The summed E-state index contributed by atoms with van der Waals surface area (Å²) >= 11 is 1.42. The Hall–Kier alpha value is -2.80. The smallest absolute Gasteiger partial charge is 0.261 e. The molecule has 0 saturated carbocycles. The first-order valence-electron chi connectivity index (χ1n) is 10.1. The van der Waals surface area contributed by atoms with E-state index in [-0.39, 0.29) is 5.91 Å². The highest BCUT2D eigenvalue weighted by Gasteiger charge is 2.19. The lowest BCUT2D eigenvalue weighted by Crippen LogP contribution is -2.22. The fourth-order valence-electron chi connectivity index (χ4n) is 3.66. The number of allylic oxidation sites excluding steroid dienone is 1. The largest absolute Gasteiger partial charge is 0.369 e. The minimum Gasteiger partial charge on any atom is -0.369 e. The highest BCUT2D eigenvalue weighted by Crippen LogP contribution is 2.33. The summed E-state index contributed by atoms with van der Waals surface area (Å²) < 4.78 is 0. The lowest BCUT2D eigenvalue weighted by atomic mass is 9.97. The number of nitrogens with one attached hydrogen (secondary N) is 2. The zero-order chi connectivity index (χ0) is 20.1. The van der Waals surface area contributed by atoms with Gasteiger partial charge in [0.1, 0.15) is 17.0 Å². The summed E-state index contributed by atoms with van der Waals surface area (Å²) in [4.78, 5) is 27.1. The van der Waals surface area contributed by atoms with E-state index in [0.29, 0.717) is 11.4 Å². The van der Waals surface area contributed by atoms with Crippen LogP contribution >= 0.6 is 11.3 Å². The second kappa shape index (κ2) is 9.13. The van der Waals surface area contributed by atoms with Crippen molar-refractivity contribution in [2.24, 2.45) is 0 Å². The van der Waals surface area contributed by atoms with Gasteiger partial charge in [-0.25, -0.2) is 9.97 Å². The lowest BCUT2D eigenvalue weighted by Gasteiger charge is -2.13. The van der Waals surface area contributed by atoms with Crippen molar-refractivity contribution in [1.29, 1.82) is 0 Å². The van der Waals surface area contributed by atoms with Crippen LogP contribution in [0.1, 0.15) is 52.9 Å². The van der Waals surface area contributed by atoms with E-state index in [9.17, 15) is 4.79 Å². The van der Waals surface area contributed by atoms with Gasteiger partial charge >= 0.3 is 0 Å². The molecule has 0 radical (unpaired) electrons. The average Bonchev–Trinajstić information content (AvgIpc) is 3.11. The predicted molar refractivity (Wildman–Crippen MR) is 117 cm³/mol. The molecule has 0 spiro atoms. The van der Waals surface area contributed by atoms with Gasteiger partial charge in [0.25, 0.3) is 5.91 Å². The summed E-state index contributed by atoms with van der Waals surface area (Å²) in [7, 11) is 0. The van der Waals surface area contributed by atoms with Crippen LogP contribution in [0.15, 0.2) is 42.5 Å². The van der Waals surface area contributed by atoms with E-state index in [4.69, 9.17) is 0 Å². The molecule has 1 aliphatic rings. The van der Waals surface area contributed by atoms with Gasteiger partial charge in [0, 0.05) is 25.5 Å². The molecular formula is C22H25N5OS. The molecule has 4 rings (SSSR count). The maximum Gasteiger partial charge on any atom is 0.261 e. The summed E-state index contributed by atoms with van der Waals surface area (Å²) in [5.41, 5.74) is 3.48. The number of pyridine rings is 1. The molecule has 1 amide bonds. The molecule has 3 heterocycles. The number of rotatable bonds is 7. The Balaban J connectivity index is 1.47. The molecule has 150 valence electrons. The summed E-state index contributed by atoms with van der Waals surface area (Å²) in [6, 6.07) is 3.79. The Morgan fingerprint density at radius 2 is 2.07 bits per heavy atom. The second-order valence-corrected chi connectivity index (χ2v) is 8.28. The van der Waals surface area contributed by atoms with Crippen molar-refractivity contribution in [1.82, 2.24) is 20.3 Å². The van der Waals surface area contributed by atoms with Crippen molar-refractivity contribution < 1.29 is 4.79 Å². The van der Waals surface area contributed by atoms with Crippen molar-refractivity contribution in [2.45, 2.75) is 45.6 Å². The highest BCUT2D eigenvalue weighted by atomic mass is 32.1. The van der Waals surface area contributed by atoms with Gasteiger partial charge in [-0.15, -0.1) is 11.3 Å². The molecule has 3 aromatic heterocycles. The van der Waals surface area contributed by atoms with Crippen LogP contribution in [-0.4, -0.2) is 27.4 Å². The zero-order valence-electron chi connectivity index (χ0n) is 16.6. The maximum atomic E-state index is 12.7. The Bertz CT molecular complexity index is 1030. The van der Waals surface area contributed by atoms with Crippen molar-refractivity contribution in [3.63, 3.8) is 0 Å². The summed E-state index contributed by atoms with van der Waals surface area (Å²) in [6.45, 7) is 3.29. The number of nitrogens with zero attached hydrogens (tertiary/aromatic N) is 3. The number of carbonyl (C=O) groups is 1. The van der Waals surface area contributed by atoms with Gasteiger partial charge in [0.05, 0.1) is 10.3 Å². The highest BCUT2D eigenvalue weighted by molar-refractivity contribution is 7.20. The Morgan fingerprint density at radius 1 is 1.21 bits per heavy atom. The van der Waals surface area contributed by atoms with Crippen LogP contribution in [0.4, 0.5) is 5.82 Å². The number of hydrogen-bond acceptors (Lipinski definition) is 6. The number of aryl methyl sites for hydroxylation is 1. The molecule has 3 aromatic rings. The van der Waals surface area contributed by atoms with Crippen LogP contribution in [0, 0.1) is 6.92 Å². The van der Waals surface area contributed by atoms with Crippen molar-refractivity contribution in [3.8, 4) is 0 Å². The number of carbonyl (C=O) groups excluding carboxylic acids is 1. The van der Waals surface area contributed by atoms with Crippen LogP contribution in [-0.2, 0) is 6.54 Å². The fourth-order valence-corrected chi connectivity index (χ4v) is 4.72. The molecule has 0 unspecified atom stereocenters. The molecule has 29 heavy (non-hydrogen) atoms. The molecule has 2 N–H and O–H groups in total. The van der Waals surface area contributed by atoms with E-state index in [0.717, 1.165) is 40.1 Å². The molecule has 0 atom stereocenters. The first-order chi connectivity index (χ1) is 14.2. The van der Waals surface area contributed by atoms with E-state index >= 15 is 0 Å². The first-order valence-corrected chi connectivity index (χ1v) is 10.9. The third-order valence-electron chi connectivity index (χ3n) is 5.26. The monoisotopic (exact) mass is 407 g/mol. The summed E-state index contributed by atoms with van der Waals surface area (Å²) in [5, 5.41) is 7.40. The fraction of sp³-hybridized carbons (Fsp3) is 0.364. The first kappa shape index (κ1) is 19.5. The lowest BCUT2D eigenvalue weighted by molar-refractivity contribution is 0.0954. The Morgan fingerprint density at radius 3 is 2.86 bits per heavy atom. The summed E-state index contributed by atoms with van der Waals surface area (Å²) in [6.07, 6.45) is 13.4. The minimum absolute atomic E-state index is 0.0828. The molecule has 0 aromatic carbocycles. The predicted octanol–water partition coefficient (Wildman–Crippen LogP) is 4.63. The minimum atomic E-state index is -0.0828. The standard InChI is InChI=1S/C22H25N5OS/c1-15-18-20(24-12-9-16-5-3-2-4-6-16)26-14-27-22(18)29-19(15)21(28)25-13-17-7-10-23-11-8-17/h5,7-8,10-11,14H,2-4,6,9,12-13H2,1H3,(H,25,28)(H,24,26,27). The van der Waals surface area contributed by atoms with E-state index in [1.807, 2.05) is 19.1 Å². The van der Waals surface area contributed by atoms with E-state index in [1.54, 1.807) is 18.7 Å².